The first-order valence-corrected chi connectivity index (χ1v) is 7.95. The third-order valence-electron chi connectivity index (χ3n) is 4.30. The molecule has 2 atom stereocenters. The van der Waals surface area contributed by atoms with Crippen molar-refractivity contribution in [2.75, 3.05) is 13.1 Å². The molecule has 2 rings (SSSR count). The standard InChI is InChI=1S/C16H24N2O4/c1-2-3-6-13(16(21)22)17-14(19)12-5-4-9-18(10-12)15(20)11-7-8-11/h2,11-13H,1,3-10H2,(H,17,19)(H,21,22). The fraction of sp³-hybridized carbons (Fsp3) is 0.688. The minimum Gasteiger partial charge on any atom is -0.480 e. The highest BCUT2D eigenvalue weighted by molar-refractivity contribution is 5.86. The highest BCUT2D eigenvalue weighted by Crippen LogP contribution is 2.32. The van der Waals surface area contributed by atoms with Gasteiger partial charge in [0.2, 0.25) is 11.8 Å². The van der Waals surface area contributed by atoms with Crippen molar-refractivity contribution in [2.45, 2.75) is 44.6 Å². The lowest BCUT2D eigenvalue weighted by Crippen LogP contribution is -2.49. The Morgan fingerprint density at radius 3 is 2.59 bits per heavy atom. The maximum absolute atomic E-state index is 12.3. The molecule has 2 aliphatic rings. The molecule has 0 bridgehead atoms. The number of amides is 2. The monoisotopic (exact) mass is 308 g/mol. The minimum atomic E-state index is -1.03. The number of carboxylic acid groups (broad SMARTS) is 1. The molecular formula is C16H24N2O4. The molecule has 1 saturated heterocycles. The second kappa shape index (κ2) is 7.42. The van der Waals surface area contributed by atoms with Crippen LogP contribution in [-0.4, -0.2) is 46.9 Å². The zero-order valence-corrected chi connectivity index (χ0v) is 12.8. The molecule has 2 amide bonds. The molecule has 2 fully saturated rings. The van der Waals surface area contributed by atoms with Crippen LogP contribution in [0.4, 0.5) is 0 Å². The smallest absolute Gasteiger partial charge is 0.326 e. The molecule has 2 unspecified atom stereocenters. The van der Waals surface area contributed by atoms with Gasteiger partial charge in [0.1, 0.15) is 6.04 Å². The molecule has 1 saturated carbocycles. The average molecular weight is 308 g/mol. The van der Waals surface area contributed by atoms with Crippen molar-refractivity contribution >= 4 is 17.8 Å². The van der Waals surface area contributed by atoms with E-state index in [0.717, 1.165) is 19.3 Å². The summed E-state index contributed by atoms with van der Waals surface area (Å²) in [5, 5.41) is 11.8. The van der Waals surface area contributed by atoms with Gasteiger partial charge < -0.3 is 15.3 Å². The maximum atomic E-state index is 12.3. The molecule has 0 aromatic rings. The predicted molar refractivity (Wildman–Crippen MR) is 81.0 cm³/mol. The molecule has 6 heteroatoms. The Labute approximate surface area is 130 Å². The number of rotatable bonds is 7. The predicted octanol–water partition coefficient (Wildman–Crippen LogP) is 1.17. The van der Waals surface area contributed by atoms with Crippen LogP contribution in [-0.2, 0) is 14.4 Å². The van der Waals surface area contributed by atoms with E-state index in [9.17, 15) is 14.4 Å². The van der Waals surface area contributed by atoms with E-state index in [1.54, 1.807) is 11.0 Å². The van der Waals surface area contributed by atoms with Gasteiger partial charge in [-0.05, 0) is 38.5 Å². The highest BCUT2D eigenvalue weighted by Gasteiger charge is 2.37. The van der Waals surface area contributed by atoms with E-state index < -0.39 is 12.0 Å². The SMILES string of the molecule is C=CCCC(NC(=O)C1CCCN(C(=O)C2CC2)C1)C(=O)O. The van der Waals surface area contributed by atoms with Crippen molar-refractivity contribution in [3.05, 3.63) is 12.7 Å². The Morgan fingerprint density at radius 2 is 2.00 bits per heavy atom. The van der Waals surface area contributed by atoms with Crippen molar-refractivity contribution in [2.24, 2.45) is 11.8 Å². The lowest BCUT2D eigenvalue weighted by Gasteiger charge is -2.32. The van der Waals surface area contributed by atoms with Gasteiger partial charge in [-0.25, -0.2) is 4.79 Å². The first-order valence-electron chi connectivity index (χ1n) is 7.95. The van der Waals surface area contributed by atoms with Gasteiger partial charge in [-0.1, -0.05) is 6.08 Å². The van der Waals surface area contributed by atoms with Gasteiger partial charge in [0.05, 0.1) is 5.92 Å². The first kappa shape index (κ1) is 16.5. The topological polar surface area (TPSA) is 86.7 Å². The zero-order chi connectivity index (χ0) is 16.1. The lowest BCUT2D eigenvalue weighted by atomic mass is 9.96. The van der Waals surface area contributed by atoms with E-state index in [1.807, 2.05) is 0 Å². The maximum Gasteiger partial charge on any atom is 0.326 e. The fourth-order valence-corrected chi connectivity index (χ4v) is 2.81. The van der Waals surface area contributed by atoms with E-state index in [1.165, 1.54) is 0 Å². The molecule has 6 nitrogen and oxygen atoms in total. The Hall–Kier alpha value is -1.85. The summed E-state index contributed by atoms with van der Waals surface area (Å²) in [4.78, 5) is 37.3. The molecule has 1 aliphatic carbocycles. The largest absolute Gasteiger partial charge is 0.480 e. The summed E-state index contributed by atoms with van der Waals surface area (Å²) in [7, 11) is 0. The number of nitrogens with zero attached hydrogens (tertiary/aromatic N) is 1. The Bertz CT molecular complexity index is 459. The van der Waals surface area contributed by atoms with Crippen molar-refractivity contribution in [1.82, 2.24) is 10.2 Å². The Morgan fingerprint density at radius 1 is 1.27 bits per heavy atom. The van der Waals surface area contributed by atoms with E-state index in [0.29, 0.717) is 32.4 Å². The summed E-state index contributed by atoms with van der Waals surface area (Å²) in [6, 6.07) is -0.889. The van der Waals surface area contributed by atoms with Crippen LogP contribution in [0.15, 0.2) is 12.7 Å². The van der Waals surface area contributed by atoms with Crippen molar-refractivity contribution < 1.29 is 19.5 Å². The quantitative estimate of drug-likeness (QED) is 0.691. The molecule has 0 aromatic heterocycles. The Kier molecular flexibility index (Phi) is 5.57. The number of carbonyl (C=O) groups excluding carboxylic acids is 2. The van der Waals surface area contributed by atoms with Crippen LogP contribution < -0.4 is 5.32 Å². The summed E-state index contributed by atoms with van der Waals surface area (Å²) < 4.78 is 0. The summed E-state index contributed by atoms with van der Waals surface area (Å²) >= 11 is 0. The molecule has 0 radical (unpaired) electrons. The van der Waals surface area contributed by atoms with Crippen molar-refractivity contribution in [3.8, 4) is 0 Å². The normalized spacial score (nSPS) is 22.7. The number of hydrogen-bond acceptors (Lipinski definition) is 3. The minimum absolute atomic E-state index is 0.152. The van der Waals surface area contributed by atoms with Gasteiger partial charge in [0.25, 0.3) is 0 Å². The third kappa shape index (κ3) is 4.32. The van der Waals surface area contributed by atoms with Crippen molar-refractivity contribution in [1.29, 1.82) is 0 Å². The van der Waals surface area contributed by atoms with Crippen LogP contribution >= 0.6 is 0 Å². The molecule has 1 heterocycles. The van der Waals surface area contributed by atoms with Crippen LogP contribution in [0, 0.1) is 11.8 Å². The first-order chi connectivity index (χ1) is 10.5. The number of carbonyl (C=O) groups is 3. The van der Waals surface area contributed by atoms with Crippen molar-refractivity contribution in [3.63, 3.8) is 0 Å². The Balaban J connectivity index is 1.88. The van der Waals surface area contributed by atoms with Gasteiger partial charge in [0, 0.05) is 19.0 Å². The van der Waals surface area contributed by atoms with Gasteiger partial charge in [0.15, 0.2) is 0 Å². The highest BCUT2D eigenvalue weighted by atomic mass is 16.4. The van der Waals surface area contributed by atoms with Crippen LogP contribution in [0.2, 0.25) is 0 Å². The van der Waals surface area contributed by atoms with Crippen LogP contribution in [0.5, 0.6) is 0 Å². The third-order valence-corrected chi connectivity index (χ3v) is 4.30. The number of piperidine rings is 1. The van der Waals surface area contributed by atoms with Crippen LogP contribution in [0.3, 0.4) is 0 Å². The fourth-order valence-electron chi connectivity index (χ4n) is 2.81. The van der Waals surface area contributed by atoms with E-state index in [2.05, 4.69) is 11.9 Å². The second-order valence-corrected chi connectivity index (χ2v) is 6.16. The summed E-state index contributed by atoms with van der Waals surface area (Å²) in [6.07, 6.45) is 5.91. The number of aliphatic carboxylic acids is 1. The molecular weight excluding hydrogens is 284 g/mol. The molecule has 122 valence electrons. The van der Waals surface area contributed by atoms with E-state index in [4.69, 9.17) is 5.11 Å². The number of allylic oxidation sites excluding steroid dienone is 1. The van der Waals surface area contributed by atoms with Gasteiger partial charge >= 0.3 is 5.97 Å². The summed E-state index contributed by atoms with van der Waals surface area (Å²) in [6.45, 7) is 4.68. The second-order valence-electron chi connectivity index (χ2n) is 6.16. The molecule has 0 spiro atoms. The van der Waals surface area contributed by atoms with Gasteiger partial charge in [-0.15, -0.1) is 6.58 Å². The molecule has 22 heavy (non-hydrogen) atoms. The molecule has 0 aromatic carbocycles. The van der Waals surface area contributed by atoms with Crippen LogP contribution in [0.1, 0.15) is 38.5 Å². The zero-order valence-electron chi connectivity index (χ0n) is 12.8. The van der Waals surface area contributed by atoms with E-state index in [-0.39, 0.29) is 23.7 Å². The average Bonchev–Trinajstić information content (AvgIpc) is 3.35. The lowest BCUT2D eigenvalue weighted by molar-refractivity contribution is -0.144. The number of hydrogen-bond donors (Lipinski definition) is 2. The number of carboxylic acids is 1. The van der Waals surface area contributed by atoms with E-state index >= 15 is 0 Å². The number of nitrogens with one attached hydrogen (secondary N) is 1. The van der Waals surface area contributed by atoms with Gasteiger partial charge in [-0.3, -0.25) is 9.59 Å². The van der Waals surface area contributed by atoms with Crippen LogP contribution in [0.25, 0.3) is 0 Å². The van der Waals surface area contributed by atoms with Gasteiger partial charge in [-0.2, -0.15) is 0 Å². The molecule has 1 aliphatic heterocycles. The molecule has 2 N–H and O–H groups in total. The summed E-state index contributed by atoms with van der Waals surface area (Å²) in [5.41, 5.74) is 0. The number of likely N-dealkylation sites (tertiary alicyclic amines) is 1. The summed E-state index contributed by atoms with van der Waals surface area (Å²) in [5.74, 6) is -1.29.